The molecule has 0 aliphatic heterocycles. The molecule has 0 saturated carbocycles. The van der Waals surface area contributed by atoms with Gasteiger partial charge in [-0.1, -0.05) is 0 Å². The molecule has 0 fully saturated rings. The van der Waals surface area contributed by atoms with Crippen molar-refractivity contribution >= 4 is 5.84 Å². The van der Waals surface area contributed by atoms with E-state index in [0.717, 1.165) is 0 Å². The second kappa shape index (κ2) is 1.72. The molecular formula is C2H6N2O. The van der Waals surface area contributed by atoms with Crippen molar-refractivity contribution in [2.45, 2.75) is 0 Å². The van der Waals surface area contributed by atoms with Crippen molar-refractivity contribution in [1.82, 2.24) is 0 Å². The van der Waals surface area contributed by atoms with Gasteiger partial charge in [0.2, 0.25) is 0 Å². The third-order valence-electron chi connectivity index (χ3n) is 0.141. The summed E-state index contributed by atoms with van der Waals surface area (Å²) in [6, 6.07) is 0. The molecule has 0 amide bonds. The van der Waals surface area contributed by atoms with Gasteiger partial charge in [-0.3, -0.25) is 5.40 Å². The van der Waals surface area contributed by atoms with Gasteiger partial charge in [-0.2, -0.15) is 0 Å². The van der Waals surface area contributed by atoms with Gasteiger partial charge in [-0.05, 0) is 0 Å². The smallest absolute Gasteiger partial charge is 0.189 e. The normalized spacial score (nSPS) is 19.4. The summed E-state index contributed by atoms with van der Waals surface area (Å²) in [4.78, 5) is 0. The van der Waals surface area contributed by atoms with Crippen molar-refractivity contribution in [1.29, 1.82) is 5.40 Å². The van der Waals surface area contributed by atoms with Crippen LogP contribution in [0.4, 0.5) is 0 Å². The Kier molecular flexibility index (Phi) is 0.434. The Labute approximate surface area is 34.3 Å². The Hall–Kier alpha value is -0.570. The van der Waals surface area contributed by atoms with Crippen molar-refractivity contribution in [2.75, 3.05) is 6.61 Å². The molecule has 0 heterocycles. The van der Waals surface area contributed by atoms with Gasteiger partial charge in [0.25, 0.3) is 0 Å². The summed E-state index contributed by atoms with van der Waals surface area (Å²) in [5.41, 5.74) is 0.0903. The average Bonchev–Trinajstić information content (AvgIpc) is 1.69. The quantitative estimate of drug-likeness (QED) is 0.275. The fourth-order valence-electron chi connectivity index (χ4n) is 0. The zero-order chi connectivity index (χ0) is 6.57. The van der Waals surface area contributed by atoms with E-state index in [1.807, 2.05) is 0 Å². The summed E-state index contributed by atoms with van der Waals surface area (Å²) in [6.07, 6.45) is 0. The first-order chi connectivity index (χ1) is 3.72. The van der Waals surface area contributed by atoms with E-state index in [4.69, 9.17) is 9.34 Å². The van der Waals surface area contributed by atoms with Crippen LogP contribution in [0, 0.1) is 5.40 Å². The summed E-state index contributed by atoms with van der Waals surface area (Å²) in [6.45, 7) is -0.545. The van der Waals surface area contributed by atoms with Gasteiger partial charge in [0.1, 0.15) is 5.84 Å². The second-order valence-corrected chi connectivity index (χ2v) is 0.574. The Morgan fingerprint density at radius 3 is 3.40 bits per heavy atom. The molecule has 0 atom stereocenters. The molecule has 0 unspecified atom stereocenters. The van der Waals surface area contributed by atoms with E-state index < -0.39 is 6.61 Å². The standard InChI is InChI=1S/C2H6N2O/c3-2(4)1-5/h5H,1H2,(H3,3,4)/i/hD3. The lowest BCUT2D eigenvalue weighted by molar-refractivity contribution is 0.355. The fourth-order valence-corrected chi connectivity index (χ4v) is 0. The van der Waals surface area contributed by atoms with Crippen LogP contribution in [0.25, 0.3) is 0 Å². The van der Waals surface area contributed by atoms with E-state index in [-0.39, 0.29) is 11.6 Å². The van der Waals surface area contributed by atoms with E-state index >= 15 is 0 Å². The highest BCUT2D eigenvalue weighted by molar-refractivity contribution is 5.77. The van der Waals surface area contributed by atoms with Crippen LogP contribution in [0.2, 0.25) is 4.24 Å². The highest BCUT2D eigenvalue weighted by atomic mass is 16.3. The van der Waals surface area contributed by atoms with E-state index in [0.29, 0.717) is 0 Å². The van der Waals surface area contributed by atoms with Gasteiger partial charge in [0.05, 0.1) is 6.61 Å². The lowest BCUT2D eigenvalue weighted by atomic mass is 10.7. The van der Waals surface area contributed by atoms with Gasteiger partial charge in [-0.25, -0.2) is 0 Å². The molecule has 0 saturated heterocycles. The van der Waals surface area contributed by atoms with E-state index in [9.17, 15) is 0 Å². The molecular weight excluding hydrogens is 68.0 g/mol. The van der Waals surface area contributed by atoms with Crippen LogP contribution in [0.1, 0.15) is 0 Å². The molecule has 0 radical (unpaired) electrons. The number of nitrogens with one attached hydrogen (secondary N) is 1. The van der Waals surface area contributed by atoms with Crippen LogP contribution in [0.15, 0.2) is 0 Å². The molecule has 0 rings (SSSR count). The van der Waals surface area contributed by atoms with Crippen LogP contribution < -0.4 is 5.72 Å². The van der Waals surface area contributed by atoms with Gasteiger partial charge in [0, 0.05) is 0 Å². The molecule has 3 nitrogen and oxygen atoms in total. The minimum absolute atomic E-state index is 0.0903. The number of rotatable bonds is 1. The predicted octanol–water partition coefficient (Wildman–Crippen LogP) is -1.09. The number of nitrogens with two attached hydrogens (primary N) is 1. The van der Waals surface area contributed by atoms with E-state index in [1.165, 1.54) is 0 Å². The number of amidine groups is 1. The highest BCUT2D eigenvalue weighted by Crippen LogP contribution is 1.44. The number of hydrogen-bond acceptors (Lipinski definition) is 2. The van der Waals surface area contributed by atoms with Gasteiger partial charge < -0.3 is 10.8 Å². The number of hydrogen-bond donors (Lipinski definition) is 3. The van der Waals surface area contributed by atoms with Gasteiger partial charge in [-0.15, -0.1) is 0 Å². The third-order valence-corrected chi connectivity index (χ3v) is 0.141. The van der Waals surface area contributed by atoms with Crippen LogP contribution in [-0.4, -0.2) is 17.5 Å². The first-order valence-electron chi connectivity index (χ1n) is 2.46. The summed E-state index contributed by atoms with van der Waals surface area (Å²) < 4.78 is 19.1. The van der Waals surface area contributed by atoms with Crippen LogP contribution >= 0.6 is 0 Å². The number of aliphatic hydroxyl groups excluding tert-OH is 1. The zero-order valence-corrected chi connectivity index (χ0v) is 2.55. The maximum absolute atomic E-state index is 8.16. The highest BCUT2D eigenvalue weighted by Gasteiger charge is 1.72. The molecule has 0 spiro atoms. The topological polar surface area (TPSA) is 70.1 Å². The summed E-state index contributed by atoms with van der Waals surface area (Å²) in [7, 11) is 0. The van der Waals surface area contributed by atoms with Crippen molar-refractivity contribution in [3.05, 3.63) is 0 Å². The minimum Gasteiger partial charge on any atom is -0.388 e. The monoisotopic (exact) mass is 77.1 g/mol. The summed E-state index contributed by atoms with van der Waals surface area (Å²) >= 11 is 0. The molecule has 0 aromatic heterocycles. The maximum atomic E-state index is 8.16. The Morgan fingerprint density at radius 2 is 3.40 bits per heavy atom. The SMILES string of the molecule is [2H]N=C(CO)N([2H])[2H]. The lowest BCUT2D eigenvalue weighted by Crippen LogP contribution is -2.13. The van der Waals surface area contributed by atoms with Gasteiger partial charge in [0.15, 0.2) is 4.24 Å². The molecule has 4 N–H and O–H groups in total. The first-order valence-corrected chi connectivity index (χ1v) is 1.12. The van der Waals surface area contributed by atoms with Crippen molar-refractivity contribution < 1.29 is 9.34 Å². The summed E-state index contributed by atoms with van der Waals surface area (Å²) in [5, 5.41) is 10.8. The van der Waals surface area contributed by atoms with Crippen molar-refractivity contribution in [3.63, 3.8) is 0 Å². The lowest BCUT2D eigenvalue weighted by Gasteiger charge is -1.78. The minimum atomic E-state index is -0.545. The molecule has 0 aromatic carbocycles. The predicted molar refractivity (Wildman–Crippen MR) is 19.0 cm³/mol. The Balaban J connectivity index is 3.72. The zero-order valence-electron chi connectivity index (χ0n) is 5.55. The second-order valence-electron chi connectivity index (χ2n) is 0.574. The summed E-state index contributed by atoms with van der Waals surface area (Å²) in [5.74, 6) is -0.301. The van der Waals surface area contributed by atoms with Crippen LogP contribution in [0.3, 0.4) is 0 Å². The van der Waals surface area contributed by atoms with Gasteiger partial charge >= 0.3 is 0 Å². The molecule has 0 bridgehead atoms. The maximum Gasteiger partial charge on any atom is 0.189 e. The number of aliphatic hydroxyl groups is 1. The van der Waals surface area contributed by atoms with Crippen LogP contribution in [-0.2, 0) is 0 Å². The third kappa shape index (κ3) is 3.43. The van der Waals surface area contributed by atoms with Crippen LogP contribution in [0.5, 0.6) is 0 Å². The molecule has 3 heteroatoms. The molecule has 5 heavy (non-hydrogen) atoms. The fraction of sp³-hybridized carbons (Fsp3) is 0.500. The molecule has 0 aliphatic carbocycles. The van der Waals surface area contributed by atoms with E-state index in [1.54, 1.807) is 0 Å². The average molecular weight is 77.1 g/mol. The van der Waals surface area contributed by atoms with Crippen molar-refractivity contribution in [2.24, 2.45) is 5.72 Å². The van der Waals surface area contributed by atoms with E-state index in [2.05, 4.69) is 5.40 Å². The largest absolute Gasteiger partial charge is 0.388 e. The first kappa shape index (κ1) is 1.26. The van der Waals surface area contributed by atoms with Crippen molar-refractivity contribution in [3.8, 4) is 0 Å². The molecule has 0 aliphatic rings. The molecule has 0 aromatic rings. The molecule has 30 valence electrons. The Bertz CT molecular complexity index is 93.3. The Morgan fingerprint density at radius 1 is 2.60 bits per heavy atom.